The van der Waals surface area contributed by atoms with Crippen molar-refractivity contribution < 1.29 is 0 Å². The van der Waals surface area contributed by atoms with Crippen molar-refractivity contribution in [2.45, 2.75) is 32.2 Å². The van der Waals surface area contributed by atoms with Crippen LogP contribution in [0.15, 0.2) is 6.20 Å². The van der Waals surface area contributed by atoms with Crippen molar-refractivity contribution >= 4 is 11.3 Å². The zero-order chi connectivity index (χ0) is 12.0. The molecule has 1 atom stereocenters. The van der Waals surface area contributed by atoms with Gasteiger partial charge in [0.1, 0.15) is 5.01 Å². The third-order valence-electron chi connectivity index (χ3n) is 3.24. The highest BCUT2D eigenvalue weighted by Crippen LogP contribution is 2.36. The third-order valence-corrected chi connectivity index (χ3v) is 4.41. The highest BCUT2D eigenvalue weighted by atomic mass is 32.1. The van der Waals surface area contributed by atoms with Gasteiger partial charge in [-0.05, 0) is 26.2 Å². The van der Waals surface area contributed by atoms with Gasteiger partial charge < -0.3 is 5.73 Å². The second kappa shape index (κ2) is 3.92. The Morgan fingerprint density at radius 2 is 2.35 bits per heavy atom. The Morgan fingerprint density at radius 3 is 3.00 bits per heavy atom. The molecule has 0 spiro atoms. The molecule has 0 saturated heterocycles. The Kier molecular flexibility index (Phi) is 2.52. The standard InChI is InChI=1S/C12H16N4S/c1-7-8(6-16(2)15-7)12-14-11-9(13)4-3-5-10(11)17-12/h6,9H,3-5,13H2,1-2H3. The van der Waals surface area contributed by atoms with Crippen molar-refractivity contribution in [3.8, 4) is 10.6 Å². The molecule has 4 nitrogen and oxygen atoms in total. The van der Waals surface area contributed by atoms with E-state index in [4.69, 9.17) is 10.7 Å². The van der Waals surface area contributed by atoms with Crippen LogP contribution in [0.2, 0.25) is 0 Å². The van der Waals surface area contributed by atoms with Crippen LogP contribution in [0.25, 0.3) is 10.6 Å². The Labute approximate surface area is 104 Å². The minimum atomic E-state index is 0.126. The number of fused-ring (bicyclic) bond motifs is 1. The lowest BCUT2D eigenvalue weighted by molar-refractivity contribution is 0.564. The molecule has 1 aliphatic rings. The average molecular weight is 248 g/mol. The largest absolute Gasteiger partial charge is 0.323 e. The molecule has 2 aromatic heterocycles. The summed E-state index contributed by atoms with van der Waals surface area (Å²) in [5, 5.41) is 5.43. The lowest BCUT2D eigenvalue weighted by atomic mass is 9.99. The average Bonchev–Trinajstić information content (AvgIpc) is 2.82. The molecule has 0 saturated carbocycles. The summed E-state index contributed by atoms with van der Waals surface area (Å²) in [5.74, 6) is 0. The van der Waals surface area contributed by atoms with Crippen LogP contribution in [0.5, 0.6) is 0 Å². The smallest absolute Gasteiger partial charge is 0.127 e. The molecule has 0 radical (unpaired) electrons. The minimum Gasteiger partial charge on any atom is -0.323 e. The zero-order valence-corrected chi connectivity index (χ0v) is 10.9. The molecule has 0 aliphatic heterocycles. The predicted molar refractivity (Wildman–Crippen MR) is 68.9 cm³/mol. The number of thiazole rings is 1. The second-order valence-electron chi connectivity index (χ2n) is 4.63. The zero-order valence-electron chi connectivity index (χ0n) is 10.1. The van der Waals surface area contributed by atoms with Gasteiger partial charge in [0.2, 0.25) is 0 Å². The van der Waals surface area contributed by atoms with Crippen LogP contribution in [-0.4, -0.2) is 14.8 Å². The fraction of sp³-hybridized carbons (Fsp3) is 0.500. The number of rotatable bonds is 1. The van der Waals surface area contributed by atoms with Gasteiger partial charge in [0.05, 0.1) is 17.0 Å². The van der Waals surface area contributed by atoms with Crippen LogP contribution in [0, 0.1) is 6.92 Å². The summed E-state index contributed by atoms with van der Waals surface area (Å²) >= 11 is 1.78. The predicted octanol–water partition coefficient (Wildman–Crippen LogP) is 2.19. The molecular weight excluding hydrogens is 232 g/mol. The maximum absolute atomic E-state index is 6.10. The number of nitrogens with zero attached hydrogens (tertiary/aromatic N) is 3. The van der Waals surface area contributed by atoms with E-state index in [0.29, 0.717) is 0 Å². The number of aromatic nitrogens is 3. The third kappa shape index (κ3) is 1.79. The quantitative estimate of drug-likeness (QED) is 0.841. The first-order valence-electron chi connectivity index (χ1n) is 5.91. The van der Waals surface area contributed by atoms with E-state index < -0.39 is 0 Å². The summed E-state index contributed by atoms with van der Waals surface area (Å²) in [7, 11) is 1.94. The number of nitrogens with two attached hydrogens (primary N) is 1. The van der Waals surface area contributed by atoms with Crippen molar-refractivity contribution in [2.24, 2.45) is 12.8 Å². The van der Waals surface area contributed by atoms with Crippen molar-refractivity contribution in [1.29, 1.82) is 0 Å². The number of aryl methyl sites for hydroxylation is 3. The minimum absolute atomic E-state index is 0.126. The van der Waals surface area contributed by atoms with Gasteiger partial charge in [-0.25, -0.2) is 4.98 Å². The molecule has 2 aromatic rings. The normalized spacial score (nSPS) is 19.4. The van der Waals surface area contributed by atoms with E-state index in [0.717, 1.165) is 34.8 Å². The highest BCUT2D eigenvalue weighted by Gasteiger charge is 2.23. The molecule has 5 heteroatoms. The summed E-state index contributed by atoms with van der Waals surface area (Å²) in [5.41, 5.74) is 9.39. The molecule has 0 amide bonds. The Bertz CT molecular complexity index is 555. The van der Waals surface area contributed by atoms with Gasteiger partial charge in [0, 0.05) is 24.2 Å². The topological polar surface area (TPSA) is 56.7 Å². The molecular formula is C12H16N4S. The van der Waals surface area contributed by atoms with Crippen LogP contribution in [0.3, 0.4) is 0 Å². The van der Waals surface area contributed by atoms with Crippen molar-refractivity contribution in [2.75, 3.05) is 0 Å². The molecule has 2 heterocycles. The van der Waals surface area contributed by atoms with E-state index in [2.05, 4.69) is 5.10 Å². The lowest BCUT2D eigenvalue weighted by Crippen LogP contribution is -2.16. The first-order valence-corrected chi connectivity index (χ1v) is 6.72. The summed E-state index contributed by atoms with van der Waals surface area (Å²) in [6.07, 6.45) is 5.40. The monoisotopic (exact) mass is 248 g/mol. The fourth-order valence-electron chi connectivity index (χ4n) is 2.38. The molecule has 2 N–H and O–H groups in total. The number of hydrogen-bond donors (Lipinski definition) is 1. The van der Waals surface area contributed by atoms with E-state index in [1.54, 1.807) is 11.3 Å². The molecule has 0 aromatic carbocycles. The molecule has 0 fully saturated rings. The summed E-state index contributed by atoms with van der Waals surface area (Å²) in [4.78, 5) is 6.08. The van der Waals surface area contributed by atoms with Crippen LogP contribution >= 0.6 is 11.3 Å². The van der Waals surface area contributed by atoms with Gasteiger partial charge in [-0.1, -0.05) is 0 Å². The Balaban J connectivity index is 2.08. The molecule has 0 bridgehead atoms. The summed E-state index contributed by atoms with van der Waals surface area (Å²) < 4.78 is 1.84. The molecule has 1 aliphatic carbocycles. The van der Waals surface area contributed by atoms with Crippen LogP contribution < -0.4 is 5.73 Å². The van der Waals surface area contributed by atoms with Gasteiger partial charge >= 0.3 is 0 Å². The van der Waals surface area contributed by atoms with Crippen LogP contribution in [0.1, 0.15) is 35.1 Å². The van der Waals surface area contributed by atoms with Gasteiger partial charge in [0.25, 0.3) is 0 Å². The van der Waals surface area contributed by atoms with Gasteiger partial charge in [-0.15, -0.1) is 11.3 Å². The first kappa shape index (κ1) is 10.9. The van der Waals surface area contributed by atoms with E-state index in [1.165, 1.54) is 11.3 Å². The summed E-state index contributed by atoms with van der Waals surface area (Å²) in [6.45, 7) is 2.02. The van der Waals surface area contributed by atoms with Gasteiger partial charge in [-0.2, -0.15) is 5.10 Å². The van der Waals surface area contributed by atoms with Gasteiger partial charge in [-0.3, -0.25) is 4.68 Å². The maximum Gasteiger partial charge on any atom is 0.127 e. The van der Waals surface area contributed by atoms with Crippen molar-refractivity contribution in [3.05, 3.63) is 22.5 Å². The van der Waals surface area contributed by atoms with E-state index >= 15 is 0 Å². The van der Waals surface area contributed by atoms with E-state index in [1.807, 2.05) is 24.9 Å². The molecule has 17 heavy (non-hydrogen) atoms. The van der Waals surface area contributed by atoms with Crippen molar-refractivity contribution in [3.63, 3.8) is 0 Å². The fourth-order valence-corrected chi connectivity index (χ4v) is 3.61. The van der Waals surface area contributed by atoms with Crippen LogP contribution in [0.4, 0.5) is 0 Å². The van der Waals surface area contributed by atoms with Crippen molar-refractivity contribution in [1.82, 2.24) is 14.8 Å². The first-order chi connectivity index (χ1) is 8.15. The SMILES string of the molecule is Cc1nn(C)cc1-c1nc2c(s1)CCCC2N. The maximum atomic E-state index is 6.10. The van der Waals surface area contributed by atoms with Gasteiger partial charge in [0.15, 0.2) is 0 Å². The number of hydrogen-bond acceptors (Lipinski definition) is 4. The summed E-state index contributed by atoms with van der Waals surface area (Å²) in [6, 6.07) is 0.126. The van der Waals surface area contributed by atoms with E-state index in [9.17, 15) is 0 Å². The molecule has 1 unspecified atom stereocenters. The second-order valence-corrected chi connectivity index (χ2v) is 5.71. The Hall–Kier alpha value is -1.20. The highest BCUT2D eigenvalue weighted by molar-refractivity contribution is 7.15. The Morgan fingerprint density at radius 1 is 1.53 bits per heavy atom. The van der Waals surface area contributed by atoms with Crippen LogP contribution in [-0.2, 0) is 13.5 Å². The molecule has 3 rings (SSSR count). The lowest BCUT2D eigenvalue weighted by Gasteiger charge is -2.15. The van der Waals surface area contributed by atoms with E-state index in [-0.39, 0.29) is 6.04 Å². The molecule has 90 valence electrons.